The molecule has 0 atom stereocenters. The van der Waals surface area contributed by atoms with E-state index >= 15 is 0 Å². The highest BCUT2D eigenvalue weighted by atomic mass is 32.2. The molecule has 0 spiro atoms. The minimum Gasteiger partial charge on any atom is -0.354 e. The van der Waals surface area contributed by atoms with Gasteiger partial charge in [0, 0.05) is 16.5 Å². The second-order valence-electron chi connectivity index (χ2n) is 6.36. The first-order chi connectivity index (χ1) is 13.1. The molecule has 0 aliphatic carbocycles. The fraction of sp³-hybridized carbons (Fsp3) is 0.0435. The monoisotopic (exact) mass is 373 g/mol. The lowest BCUT2D eigenvalue weighted by atomic mass is 9.98. The quantitative estimate of drug-likeness (QED) is 0.472. The van der Waals surface area contributed by atoms with E-state index in [2.05, 4.69) is 11.6 Å². The van der Waals surface area contributed by atoms with Gasteiger partial charge < -0.3 is 4.98 Å². The Morgan fingerprint density at radius 3 is 2.07 bits per heavy atom. The van der Waals surface area contributed by atoms with Crippen molar-refractivity contribution in [3.05, 3.63) is 91.5 Å². The first kappa shape index (κ1) is 17.3. The van der Waals surface area contributed by atoms with Gasteiger partial charge in [0.1, 0.15) is 0 Å². The molecule has 134 valence electrons. The van der Waals surface area contributed by atoms with Gasteiger partial charge in [-0.3, -0.25) is 0 Å². The summed E-state index contributed by atoms with van der Waals surface area (Å²) < 4.78 is 25.8. The van der Waals surface area contributed by atoms with Gasteiger partial charge in [-0.25, -0.2) is 8.42 Å². The molecule has 0 saturated heterocycles. The van der Waals surface area contributed by atoms with Crippen molar-refractivity contribution in [2.24, 2.45) is 0 Å². The van der Waals surface area contributed by atoms with Crippen molar-refractivity contribution in [3.63, 3.8) is 0 Å². The number of rotatable bonds is 5. The number of fused-ring (bicyclic) bond motifs is 1. The predicted molar refractivity (Wildman–Crippen MR) is 111 cm³/mol. The summed E-state index contributed by atoms with van der Waals surface area (Å²) in [7, 11) is -3.47. The lowest BCUT2D eigenvalue weighted by Gasteiger charge is -2.09. The minimum absolute atomic E-state index is 0.0911. The van der Waals surface area contributed by atoms with Crippen LogP contribution in [0.1, 0.15) is 0 Å². The zero-order valence-electron chi connectivity index (χ0n) is 14.7. The molecule has 0 fully saturated rings. The maximum atomic E-state index is 12.9. The Balaban J connectivity index is 2.13. The average molecular weight is 373 g/mol. The molecule has 0 aliphatic heterocycles. The van der Waals surface area contributed by atoms with Crippen LogP contribution in [0, 0.1) is 0 Å². The number of H-pyrrole nitrogens is 1. The van der Waals surface area contributed by atoms with E-state index in [0.717, 1.165) is 33.3 Å². The summed E-state index contributed by atoms with van der Waals surface area (Å²) in [4.78, 5) is 3.77. The average Bonchev–Trinajstić information content (AvgIpc) is 3.09. The second kappa shape index (κ2) is 6.89. The molecule has 4 aromatic rings. The third kappa shape index (κ3) is 3.09. The fourth-order valence-corrected chi connectivity index (χ4v) is 4.73. The van der Waals surface area contributed by atoms with E-state index in [1.807, 2.05) is 66.7 Å². The summed E-state index contributed by atoms with van der Waals surface area (Å²) >= 11 is 0. The van der Waals surface area contributed by atoms with Crippen LogP contribution < -0.4 is 0 Å². The number of aromatic nitrogens is 1. The summed E-state index contributed by atoms with van der Waals surface area (Å²) in [5.74, 6) is -0.0911. The smallest absolute Gasteiger partial charge is 0.182 e. The van der Waals surface area contributed by atoms with Gasteiger partial charge in [0.15, 0.2) is 9.84 Å². The molecular weight excluding hydrogens is 354 g/mol. The van der Waals surface area contributed by atoms with Crippen LogP contribution in [0.25, 0.3) is 33.3 Å². The molecule has 1 N–H and O–H groups in total. The Labute approximate surface area is 158 Å². The van der Waals surface area contributed by atoms with Gasteiger partial charge in [-0.1, -0.05) is 72.8 Å². The van der Waals surface area contributed by atoms with Crippen molar-refractivity contribution in [2.75, 3.05) is 5.75 Å². The number of hydrogen-bond acceptors (Lipinski definition) is 2. The third-order valence-electron chi connectivity index (χ3n) is 4.58. The molecule has 1 aromatic heterocycles. The Bertz CT molecular complexity index is 1210. The second-order valence-corrected chi connectivity index (χ2v) is 8.36. The Morgan fingerprint density at radius 1 is 0.815 bits per heavy atom. The molecule has 4 rings (SSSR count). The summed E-state index contributed by atoms with van der Waals surface area (Å²) in [5.41, 5.74) is 4.61. The maximum absolute atomic E-state index is 12.9. The maximum Gasteiger partial charge on any atom is 0.182 e. The van der Waals surface area contributed by atoms with E-state index in [0.29, 0.717) is 4.90 Å². The number of nitrogens with one attached hydrogen (secondary N) is 1. The van der Waals surface area contributed by atoms with Crippen LogP contribution in [-0.4, -0.2) is 19.2 Å². The molecule has 1 heterocycles. The van der Waals surface area contributed by atoms with Crippen LogP contribution in [0.3, 0.4) is 0 Å². The molecule has 0 saturated carbocycles. The topological polar surface area (TPSA) is 49.9 Å². The van der Waals surface area contributed by atoms with Crippen LogP contribution in [0.15, 0.2) is 96.4 Å². The SMILES string of the molecule is C=CCS(=O)(=O)c1cccc2[nH]c(-c3ccccc3)c(-c3ccccc3)c12. The van der Waals surface area contributed by atoms with Crippen molar-refractivity contribution < 1.29 is 8.42 Å². The molecule has 0 unspecified atom stereocenters. The van der Waals surface area contributed by atoms with E-state index in [9.17, 15) is 8.42 Å². The molecule has 3 nitrogen and oxygen atoms in total. The van der Waals surface area contributed by atoms with Gasteiger partial charge in [-0.2, -0.15) is 0 Å². The lowest BCUT2D eigenvalue weighted by molar-refractivity contribution is 0.600. The Kier molecular flexibility index (Phi) is 4.42. The van der Waals surface area contributed by atoms with Gasteiger partial charge in [0.2, 0.25) is 0 Å². The zero-order chi connectivity index (χ0) is 18.9. The van der Waals surface area contributed by atoms with Crippen molar-refractivity contribution in [2.45, 2.75) is 4.90 Å². The molecule has 0 aliphatic rings. The Morgan fingerprint density at radius 2 is 1.44 bits per heavy atom. The molecule has 0 radical (unpaired) electrons. The van der Waals surface area contributed by atoms with Crippen LogP contribution in [0.5, 0.6) is 0 Å². The van der Waals surface area contributed by atoms with Crippen molar-refractivity contribution in [1.29, 1.82) is 0 Å². The number of aromatic amines is 1. The Hall–Kier alpha value is -3.11. The largest absolute Gasteiger partial charge is 0.354 e. The van der Waals surface area contributed by atoms with Crippen molar-refractivity contribution in [3.8, 4) is 22.4 Å². The highest BCUT2D eigenvalue weighted by molar-refractivity contribution is 7.91. The normalized spacial score (nSPS) is 11.6. The number of sulfone groups is 1. The highest BCUT2D eigenvalue weighted by Gasteiger charge is 2.23. The predicted octanol–water partition coefficient (Wildman–Crippen LogP) is 5.46. The van der Waals surface area contributed by atoms with E-state index < -0.39 is 9.84 Å². The van der Waals surface area contributed by atoms with Crippen molar-refractivity contribution >= 4 is 20.7 Å². The van der Waals surface area contributed by atoms with Crippen LogP contribution in [0.2, 0.25) is 0 Å². The van der Waals surface area contributed by atoms with Gasteiger partial charge >= 0.3 is 0 Å². The highest BCUT2D eigenvalue weighted by Crippen LogP contribution is 2.41. The zero-order valence-corrected chi connectivity index (χ0v) is 15.5. The molecule has 3 aromatic carbocycles. The third-order valence-corrected chi connectivity index (χ3v) is 6.27. The molecule has 27 heavy (non-hydrogen) atoms. The molecule has 0 amide bonds. The number of hydrogen-bond donors (Lipinski definition) is 1. The minimum atomic E-state index is -3.47. The fourth-order valence-electron chi connectivity index (χ4n) is 3.43. The molecule has 4 heteroatoms. The standard InChI is InChI=1S/C23H19NO2S/c1-2-16-27(25,26)20-15-9-14-19-22(20)21(17-10-5-3-6-11-17)23(24-19)18-12-7-4-8-13-18/h2-15,24H,1,16H2. The van der Waals surface area contributed by atoms with E-state index in [4.69, 9.17) is 0 Å². The van der Waals surface area contributed by atoms with E-state index in [1.54, 1.807) is 12.1 Å². The van der Waals surface area contributed by atoms with Crippen LogP contribution in [0.4, 0.5) is 0 Å². The van der Waals surface area contributed by atoms with Gasteiger partial charge in [0.25, 0.3) is 0 Å². The first-order valence-electron chi connectivity index (χ1n) is 8.71. The summed E-state index contributed by atoms with van der Waals surface area (Å²) in [6.07, 6.45) is 1.43. The van der Waals surface area contributed by atoms with Gasteiger partial charge in [-0.05, 0) is 23.3 Å². The molecular formula is C23H19NO2S. The van der Waals surface area contributed by atoms with Crippen LogP contribution in [-0.2, 0) is 9.84 Å². The van der Waals surface area contributed by atoms with Crippen LogP contribution >= 0.6 is 0 Å². The summed E-state index contributed by atoms with van der Waals surface area (Å²) in [6, 6.07) is 25.2. The van der Waals surface area contributed by atoms with E-state index in [-0.39, 0.29) is 5.75 Å². The van der Waals surface area contributed by atoms with Gasteiger partial charge in [-0.15, -0.1) is 6.58 Å². The molecule has 0 bridgehead atoms. The first-order valence-corrected chi connectivity index (χ1v) is 10.4. The lowest BCUT2D eigenvalue weighted by Crippen LogP contribution is -2.05. The van der Waals surface area contributed by atoms with E-state index in [1.165, 1.54) is 6.08 Å². The van der Waals surface area contributed by atoms with Gasteiger partial charge in [0.05, 0.1) is 16.3 Å². The summed E-state index contributed by atoms with van der Waals surface area (Å²) in [5, 5.41) is 0.726. The van der Waals surface area contributed by atoms with Crippen molar-refractivity contribution in [1.82, 2.24) is 4.98 Å². The number of benzene rings is 3. The summed E-state index contributed by atoms with van der Waals surface area (Å²) in [6.45, 7) is 3.60.